The summed E-state index contributed by atoms with van der Waals surface area (Å²) >= 11 is 0. The van der Waals surface area contributed by atoms with Gasteiger partial charge < -0.3 is 10.6 Å². The van der Waals surface area contributed by atoms with Crippen molar-refractivity contribution in [3.05, 3.63) is 41.9 Å². The second kappa shape index (κ2) is 5.25. The van der Waals surface area contributed by atoms with Crippen LogP contribution in [0, 0.1) is 6.92 Å². The molecule has 5 heteroatoms. The van der Waals surface area contributed by atoms with Crippen molar-refractivity contribution in [2.45, 2.75) is 13.5 Å². The third-order valence-corrected chi connectivity index (χ3v) is 2.36. The summed E-state index contributed by atoms with van der Waals surface area (Å²) in [4.78, 5) is 12.7. The average Bonchev–Trinajstić information content (AvgIpc) is 2.39. The normalized spacial score (nSPS) is 10.0. The zero-order valence-corrected chi connectivity index (χ0v) is 9.94. The van der Waals surface area contributed by atoms with Gasteiger partial charge in [0.15, 0.2) is 0 Å². The molecule has 0 saturated heterocycles. The van der Waals surface area contributed by atoms with Gasteiger partial charge in [-0.25, -0.2) is 4.98 Å². The number of rotatable bonds is 4. The van der Waals surface area contributed by atoms with E-state index in [4.69, 9.17) is 0 Å². The summed E-state index contributed by atoms with van der Waals surface area (Å²) in [5.41, 5.74) is 2.00. The molecule has 88 valence electrons. The maximum atomic E-state index is 4.34. The minimum Gasteiger partial charge on any atom is -0.364 e. The van der Waals surface area contributed by atoms with E-state index < -0.39 is 0 Å². The van der Waals surface area contributed by atoms with Gasteiger partial charge >= 0.3 is 0 Å². The van der Waals surface area contributed by atoms with Crippen molar-refractivity contribution < 1.29 is 0 Å². The zero-order chi connectivity index (χ0) is 12.1. The minimum atomic E-state index is 0.610. The fourth-order valence-corrected chi connectivity index (χ4v) is 1.42. The predicted molar refractivity (Wildman–Crippen MR) is 67.9 cm³/mol. The highest BCUT2D eigenvalue weighted by atomic mass is 15.1. The molecule has 0 aliphatic rings. The Bertz CT molecular complexity index is 484. The van der Waals surface area contributed by atoms with E-state index in [2.05, 4.69) is 25.6 Å². The highest BCUT2D eigenvalue weighted by Crippen LogP contribution is 2.12. The lowest BCUT2D eigenvalue weighted by molar-refractivity contribution is 1.01. The summed E-state index contributed by atoms with van der Waals surface area (Å²) in [6, 6.07) is 5.84. The molecule has 0 aliphatic heterocycles. The van der Waals surface area contributed by atoms with Crippen LogP contribution in [-0.4, -0.2) is 22.0 Å². The quantitative estimate of drug-likeness (QED) is 0.837. The van der Waals surface area contributed by atoms with Crippen LogP contribution in [0.15, 0.2) is 30.6 Å². The lowest BCUT2D eigenvalue weighted by Gasteiger charge is -2.09. The van der Waals surface area contributed by atoms with Crippen LogP contribution in [0.2, 0.25) is 0 Å². The van der Waals surface area contributed by atoms with Crippen molar-refractivity contribution in [3.8, 4) is 0 Å². The van der Waals surface area contributed by atoms with Crippen LogP contribution < -0.4 is 10.6 Å². The van der Waals surface area contributed by atoms with E-state index in [0.717, 1.165) is 17.1 Å². The maximum Gasteiger partial charge on any atom is 0.224 e. The molecule has 0 aromatic carbocycles. The first-order valence-electron chi connectivity index (χ1n) is 5.45. The Morgan fingerprint density at radius 3 is 2.82 bits per heavy atom. The van der Waals surface area contributed by atoms with E-state index in [-0.39, 0.29) is 0 Å². The summed E-state index contributed by atoms with van der Waals surface area (Å²) in [6.07, 6.45) is 3.57. The lowest BCUT2D eigenvalue weighted by atomic mass is 10.3. The first-order valence-corrected chi connectivity index (χ1v) is 5.45. The molecule has 0 unspecified atom stereocenters. The Balaban J connectivity index is 2.08. The molecule has 0 atom stereocenters. The second-order valence-electron chi connectivity index (χ2n) is 3.65. The van der Waals surface area contributed by atoms with Gasteiger partial charge in [-0.2, -0.15) is 4.98 Å². The molecular weight excluding hydrogens is 214 g/mol. The Kier molecular flexibility index (Phi) is 3.49. The van der Waals surface area contributed by atoms with E-state index in [0.29, 0.717) is 12.5 Å². The van der Waals surface area contributed by atoms with E-state index >= 15 is 0 Å². The molecule has 2 N–H and O–H groups in total. The van der Waals surface area contributed by atoms with E-state index in [1.165, 1.54) is 0 Å². The van der Waals surface area contributed by atoms with Crippen molar-refractivity contribution in [1.29, 1.82) is 0 Å². The molecule has 0 radical (unpaired) electrons. The topological polar surface area (TPSA) is 62.7 Å². The molecule has 0 spiro atoms. The minimum absolute atomic E-state index is 0.610. The molecule has 0 fully saturated rings. The molecular formula is C12H15N5. The lowest BCUT2D eigenvalue weighted by Crippen LogP contribution is -2.07. The smallest absolute Gasteiger partial charge is 0.224 e. The summed E-state index contributed by atoms with van der Waals surface area (Å²) < 4.78 is 0. The highest BCUT2D eigenvalue weighted by Gasteiger charge is 2.02. The monoisotopic (exact) mass is 229 g/mol. The zero-order valence-electron chi connectivity index (χ0n) is 9.94. The van der Waals surface area contributed by atoms with Gasteiger partial charge in [-0.15, -0.1) is 0 Å². The van der Waals surface area contributed by atoms with Gasteiger partial charge in [-0.3, -0.25) is 4.98 Å². The highest BCUT2D eigenvalue weighted by molar-refractivity contribution is 5.46. The van der Waals surface area contributed by atoms with Crippen LogP contribution in [-0.2, 0) is 6.54 Å². The summed E-state index contributed by atoms with van der Waals surface area (Å²) in [7, 11) is 1.80. The van der Waals surface area contributed by atoms with E-state index in [1.54, 1.807) is 19.4 Å². The number of aryl methyl sites for hydroxylation is 1. The predicted octanol–water partition coefficient (Wildman–Crippen LogP) is 1.83. The molecule has 2 rings (SSSR count). The number of anilines is 2. The van der Waals surface area contributed by atoms with Gasteiger partial charge in [0.1, 0.15) is 5.82 Å². The number of aromatic nitrogens is 3. The molecule has 5 nitrogen and oxygen atoms in total. The van der Waals surface area contributed by atoms with Crippen molar-refractivity contribution in [2.24, 2.45) is 0 Å². The molecule has 0 aliphatic carbocycles. The third-order valence-electron chi connectivity index (χ3n) is 2.36. The van der Waals surface area contributed by atoms with Gasteiger partial charge in [-0.1, -0.05) is 6.07 Å². The van der Waals surface area contributed by atoms with Crippen molar-refractivity contribution in [2.75, 3.05) is 17.7 Å². The van der Waals surface area contributed by atoms with Crippen LogP contribution in [0.3, 0.4) is 0 Å². The Morgan fingerprint density at radius 2 is 2.12 bits per heavy atom. The molecule has 17 heavy (non-hydrogen) atoms. The number of nitrogens with zero attached hydrogens (tertiary/aromatic N) is 3. The summed E-state index contributed by atoms with van der Waals surface area (Å²) in [5, 5.41) is 6.17. The van der Waals surface area contributed by atoms with Gasteiger partial charge in [0.25, 0.3) is 0 Å². The summed E-state index contributed by atoms with van der Waals surface area (Å²) in [6.45, 7) is 2.63. The van der Waals surface area contributed by atoms with Gasteiger partial charge in [0.05, 0.1) is 12.2 Å². The Morgan fingerprint density at radius 1 is 1.24 bits per heavy atom. The number of nitrogens with one attached hydrogen (secondary N) is 2. The number of pyridine rings is 1. The fourth-order valence-electron chi connectivity index (χ4n) is 1.42. The number of hydrogen-bond acceptors (Lipinski definition) is 5. The van der Waals surface area contributed by atoms with Crippen molar-refractivity contribution >= 4 is 11.8 Å². The molecule has 2 heterocycles. The summed E-state index contributed by atoms with van der Waals surface area (Å²) in [5.74, 6) is 1.44. The van der Waals surface area contributed by atoms with Gasteiger partial charge in [-0.05, 0) is 19.1 Å². The maximum absolute atomic E-state index is 4.34. The first kappa shape index (κ1) is 11.3. The largest absolute Gasteiger partial charge is 0.364 e. The van der Waals surface area contributed by atoms with E-state index in [1.807, 2.05) is 25.1 Å². The standard InChI is InChI=1S/C12H15N5/c1-9-7-16-12(13-2)17-11(9)15-8-10-5-3-4-6-14-10/h3-7H,8H2,1-2H3,(H2,13,15,16,17). The van der Waals surface area contributed by atoms with Crippen LogP contribution in [0.25, 0.3) is 0 Å². The SMILES string of the molecule is CNc1ncc(C)c(NCc2ccccn2)n1. The molecule has 0 bridgehead atoms. The fraction of sp³-hybridized carbons (Fsp3) is 0.250. The molecule has 2 aromatic heterocycles. The number of hydrogen-bond donors (Lipinski definition) is 2. The Labute approximate surface area is 100 Å². The van der Waals surface area contributed by atoms with Crippen LogP contribution >= 0.6 is 0 Å². The second-order valence-corrected chi connectivity index (χ2v) is 3.65. The molecule has 2 aromatic rings. The van der Waals surface area contributed by atoms with Crippen LogP contribution in [0.5, 0.6) is 0 Å². The first-order chi connectivity index (χ1) is 8.29. The van der Waals surface area contributed by atoms with Crippen molar-refractivity contribution in [3.63, 3.8) is 0 Å². The average molecular weight is 229 g/mol. The Hall–Kier alpha value is -2.17. The molecule has 0 amide bonds. The van der Waals surface area contributed by atoms with Gasteiger partial charge in [0, 0.05) is 25.0 Å². The van der Waals surface area contributed by atoms with Crippen LogP contribution in [0.1, 0.15) is 11.3 Å². The van der Waals surface area contributed by atoms with Crippen molar-refractivity contribution in [1.82, 2.24) is 15.0 Å². The van der Waals surface area contributed by atoms with Gasteiger partial charge in [0.2, 0.25) is 5.95 Å². The molecule has 0 saturated carbocycles. The van der Waals surface area contributed by atoms with Crippen LogP contribution in [0.4, 0.5) is 11.8 Å². The van der Waals surface area contributed by atoms with E-state index in [9.17, 15) is 0 Å². The third kappa shape index (κ3) is 2.90.